The molecule has 2 aromatic rings. The van der Waals surface area contributed by atoms with Gasteiger partial charge in [0, 0.05) is 19.1 Å². The molecule has 0 spiro atoms. The lowest BCUT2D eigenvalue weighted by atomic mass is 10.0. The number of amides is 2. The highest BCUT2D eigenvalue weighted by atomic mass is 16.5. The molecule has 7 heteroatoms. The molecular formula is C24H31N3O4. The van der Waals surface area contributed by atoms with Crippen molar-refractivity contribution in [3.05, 3.63) is 47.4 Å². The van der Waals surface area contributed by atoms with E-state index in [4.69, 9.17) is 9.15 Å². The van der Waals surface area contributed by atoms with Gasteiger partial charge in [0.15, 0.2) is 12.4 Å². The molecule has 1 aromatic carbocycles. The van der Waals surface area contributed by atoms with Crippen LogP contribution in [0.2, 0.25) is 0 Å². The Balaban J connectivity index is 1.30. The molecule has 31 heavy (non-hydrogen) atoms. The van der Waals surface area contributed by atoms with Gasteiger partial charge in [-0.1, -0.05) is 12.5 Å². The molecule has 1 saturated heterocycles. The van der Waals surface area contributed by atoms with Crippen LogP contribution in [0.25, 0.3) is 0 Å². The summed E-state index contributed by atoms with van der Waals surface area (Å²) in [4.78, 5) is 29.0. The first-order valence-corrected chi connectivity index (χ1v) is 11.2. The quantitative estimate of drug-likeness (QED) is 0.687. The van der Waals surface area contributed by atoms with Gasteiger partial charge in [-0.15, -0.1) is 0 Å². The number of piperidine rings is 1. The van der Waals surface area contributed by atoms with Crippen LogP contribution in [0, 0.1) is 6.92 Å². The molecule has 0 unspecified atom stereocenters. The molecule has 7 nitrogen and oxygen atoms in total. The summed E-state index contributed by atoms with van der Waals surface area (Å²) >= 11 is 0. The van der Waals surface area contributed by atoms with E-state index in [9.17, 15) is 9.59 Å². The van der Waals surface area contributed by atoms with Crippen LogP contribution in [0.4, 0.5) is 5.69 Å². The van der Waals surface area contributed by atoms with Crippen LogP contribution in [0.15, 0.2) is 34.7 Å². The number of fused-ring (bicyclic) bond motifs is 1. The van der Waals surface area contributed by atoms with Gasteiger partial charge in [0.1, 0.15) is 11.5 Å². The molecule has 0 radical (unpaired) electrons. The Bertz CT molecular complexity index is 939. The fraction of sp³-hybridized carbons (Fsp3) is 0.500. The number of benzene rings is 1. The van der Waals surface area contributed by atoms with Crippen molar-refractivity contribution in [2.24, 2.45) is 0 Å². The molecule has 2 amide bonds. The molecule has 166 valence electrons. The Morgan fingerprint density at radius 2 is 2.10 bits per heavy atom. The maximum absolute atomic E-state index is 12.4. The van der Waals surface area contributed by atoms with Gasteiger partial charge in [0.25, 0.3) is 11.8 Å². The number of aryl methyl sites for hydroxylation is 1. The lowest BCUT2D eigenvalue weighted by molar-refractivity contribution is -0.121. The summed E-state index contributed by atoms with van der Waals surface area (Å²) < 4.78 is 11.3. The Kier molecular flexibility index (Phi) is 6.61. The maximum Gasteiger partial charge on any atom is 0.286 e. The van der Waals surface area contributed by atoms with Crippen molar-refractivity contribution in [1.29, 1.82) is 0 Å². The highest BCUT2D eigenvalue weighted by Gasteiger charge is 2.27. The van der Waals surface area contributed by atoms with Crippen LogP contribution in [-0.4, -0.2) is 49.0 Å². The zero-order valence-electron chi connectivity index (χ0n) is 18.4. The number of hydrogen-bond donors (Lipinski definition) is 1. The lowest BCUT2D eigenvalue weighted by Gasteiger charge is -2.33. The summed E-state index contributed by atoms with van der Waals surface area (Å²) in [6.07, 6.45) is 4.76. The van der Waals surface area contributed by atoms with Crippen LogP contribution < -0.4 is 15.0 Å². The van der Waals surface area contributed by atoms with E-state index in [1.54, 1.807) is 17.0 Å². The monoisotopic (exact) mass is 425 g/mol. The number of anilines is 1. The number of nitrogens with one attached hydrogen (secondary N) is 1. The zero-order chi connectivity index (χ0) is 21.8. The van der Waals surface area contributed by atoms with Gasteiger partial charge < -0.3 is 19.4 Å². The maximum atomic E-state index is 12.4. The minimum Gasteiger partial charge on any atom is -0.482 e. The number of likely N-dealkylation sites (tertiary alicyclic amines) is 1. The second-order valence-electron chi connectivity index (χ2n) is 8.50. The van der Waals surface area contributed by atoms with Crippen LogP contribution in [0.3, 0.4) is 0 Å². The highest BCUT2D eigenvalue weighted by Crippen LogP contribution is 2.34. The van der Waals surface area contributed by atoms with E-state index in [-0.39, 0.29) is 30.7 Å². The Hall–Kier alpha value is -2.80. The topological polar surface area (TPSA) is 75.0 Å². The zero-order valence-corrected chi connectivity index (χ0v) is 18.4. The SMILES string of the molecule is Cc1ccc2c(c1)OCC(=O)N2Cc1ccc(C(=O)NCCCN2CCCC[C@H]2C)o1. The third kappa shape index (κ3) is 5.10. The van der Waals surface area contributed by atoms with Crippen LogP contribution in [0.1, 0.15) is 54.5 Å². The molecule has 2 aliphatic heterocycles. The number of carbonyl (C=O) groups is 2. The first-order chi connectivity index (χ1) is 15.0. The summed E-state index contributed by atoms with van der Waals surface area (Å²) in [7, 11) is 0. The molecule has 4 rings (SSSR count). The largest absolute Gasteiger partial charge is 0.482 e. The van der Waals surface area contributed by atoms with Crippen molar-refractivity contribution in [2.45, 2.75) is 52.1 Å². The van der Waals surface area contributed by atoms with Crippen LogP contribution in [0.5, 0.6) is 5.75 Å². The molecule has 1 aromatic heterocycles. The van der Waals surface area contributed by atoms with E-state index in [2.05, 4.69) is 17.1 Å². The number of ether oxygens (including phenoxy) is 1. The summed E-state index contributed by atoms with van der Waals surface area (Å²) in [6.45, 7) is 7.30. The normalized spacial score (nSPS) is 19.1. The van der Waals surface area contributed by atoms with Gasteiger partial charge in [-0.25, -0.2) is 0 Å². The first kappa shape index (κ1) is 21.4. The van der Waals surface area contributed by atoms with Crippen molar-refractivity contribution >= 4 is 17.5 Å². The van der Waals surface area contributed by atoms with Gasteiger partial charge in [-0.2, -0.15) is 0 Å². The van der Waals surface area contributed by atoms with Crippen molar-refractivity contribution < 1.29 is 18.7 Å². The molecule has 0 saturated carbocycles. The summed E-state index contributed by atoms with van der Waals surface area (Å²) in [6, 6.07) is 9.79. The van der Waals surface area contributed by atoms with Gasteiger partial charge in [-0.05, 0) is 69.5 Å². The number of furan rings is 1. The van der Waals surface area contributed by atoms with E-state index >= 15 is 0 Å². The lowest BCUT2D eigenvalue weighted by Crippen LogP contribution is -2.39. The van der Waals surface area contributed by atoms with Gasteiger partial charge in [-0.3, -0.25) is 14.5 Å². The van der Waals surface area contributed by atoms with E-state index in [1.807, 2.05) is 25.1 Å². The van der Waals surface area contributed by atoms with Crippen molar-refractivity contribution in [3.8, 4) is 5.75 Å². The summed E-state index contributed by atoms with van der Waals surface area (Å²) in [5, 5.41) is 2.94. The number of nitrogens with zero attached hydrogens (tertiary/aromatic N) is 2. The first-order valence-electron chi connectivity index (χ1n) is 11.2. The molecule has 3 heterocycles. The van der Waals surface area contributed by atoms with Crippen molar-refractivity contribution in [2.75, 3.05) is 31.1 Å². The van der Waals surface area contributed by atoms with Gasteiger partial charge >= 0.3 is 0 Å². The van der Waals surface area contributed by atoms with Crippen molar-refractivity contribution in [1.82, 2.24) is 10.2 Å². The number of hydrogen-bond acceptors (Lipinski definition) is 5. The Morgan fingerprint density at radius 1 is 1.23 bits per heavy atom. The average Bonchev–Trinajstić information content (AvgIpc) is 3.23. The molecular weight excluding hydrogens is 394 g/mol. The van der Waals surface area contributed by atoms with Crippen LogP contribution in [-0.2, 0) is 11.3 Å². The fourth-order valence-electron chi connectivity index (χ4n) is 4.29. The minimum absolute atomic E-state index is 0.000139. The van der Waals surface area contributed by atoms with E-state index in [1.165, 1.54) is 19.3 Å². The Labute approximate surface area is 183 Å². The van der Waals surface area contributed by atoms with Crippen LogP contribution >= 0.6 is 0 Å². The third-order valence-electron chi connectivity index (χ3n) is 6.11. The molecule has 1 N–H and O–H groups in total. The van der Waals surface area contributed by atoms with Gasteiger partial charge in [0.2, 0.25) is 0 Å². The molecule has 0 aliphatic carbocycles. The fourth-order valence-corrected chi connectivity index (χ4v) is 4.29. The minimum atomic E-state index is -0.220. The van der Waals surface area contributed by atoms with E-state index < -0.39 is 0 Å². The molecule has 1 fully saturated rings. The van der Waals surface area contributed by atoms with Gasteiger partial charge in [0.05, 0.1) is 12.2 Å². The van der Waals surface area contributed by atoms with E-state index in [0.29, 0.717) is 24.1 Å². The molecule has 2 aliphatic rings. The smallest absolute Gasteiger partial charge is 0.286 e. The van der Waals surface area contributed by atoms with E-state index in [0.717, 1.165) is 30.8 Å². The summed E-state index contributed by atoms with van der Waals surface area (Å²) in [5.74, 6) is 1.17. The molecule has 0 bridgehead atoms. The summed E-state index contributed by atoms with van der Waals surface area (Å²) in [5.41, 5.74) is 1.79. The third-order valence-corrected chi connectivity index (χ3v) is 6.11. The second-order valence-corrected chi connectivity index (χ2v) is 8.50. The number of carbonyl (C=O) groups excluding carboxylic acids is 2. The predicted octanol–water partition coefficient (Wildman–Crippen LogP) is 3.51. The molecule has 1 atom stereocenters. The highest BCUT2D eigenvalue weighted by molar-refractivity contribution is 5.97. The second kappa shape index (κ2) is 9.56. The Morgan fingerprint density at radius 3 is 2.94 bits per heavy atom. The predicted molar refractivity (Wildman–Crippen MR) is 118 cm³/mol. The standard InChI is InChI=1S/C24H31N3O4/c1-17-7-9-20-22(14-17)30-16-23(28)27(20)15-19-8-10-21(31-19)24(29)25-11-5-13-26-12-4-3-6-18(26)2/h7-10,14,18H,3-6,11-13,15-16H2,1-2H3,(H,25,29)/t18-/m1/s1. The average molecular weight is 426 g/mol. The van der Waals surface area contributed by atoms with Crippen molar-refractivity contribution in [3.63, 3.8) is 0 Å². The number of rotatable bonds is 7.